The molecule has 1 rings (SSSR count). The van der Waals surface area contributed by atoms with Gasteiger partial charge in [-0.25, -0.2) is 0 Å². The lowest BCUT2D eigenvalue weighted by Crippen LogP contribution is -2.43. The lowest BCUT2D eigenvalue weighted by atomic mass is 9.86. The van der Waals surface area contributed by atoms with E-state index < -0.39 is 5.97 Å². The molecule has 1 N–H and O–H groups in total. The first-order valence-electron chi connectivity index (χ1n) is 6.45. The van der Waals surface area contributed by atoms with E-state index >= 15 is 0 Å². The smallest absolute Gasteiger partial charge is 0.303 e. The fourth-order valence-corrected chi connectivity index (χ4v) is 2.73. The zero-order chi connectivity index (χ0) is 12.2. The Balaban J connectivity index is 2.47. The summed E-state index contributed by atoms with van der Waals surface area (Å²) in [5, 5.41) is 8.89. The van der Waals surface area contributed by atoms with Gasteiger partial charge in [-0.1, -0.05) is 19.8 Å². The van der Waals surface area contributed by atoms with Crippen LogP contribution in [-0.4, -0.2) is 34.6 Å². The van der Waals surface area contributed by atoms with Gasteiger partial charge in [0.2, 0.25) is 0 Å². The van der Waals surface area contributed by atoms with Gasteiger partial charge in [0, 0.05) is 12.0 Å². The monoisotopic (exact) mass is 227 g/mol. The lowest BCUT2D eigenvalue weighted by molar-refractivity contribution is -0.138. The highest BCUT2D eigenvalue weighted by atomic mass is 16.4. The van der Waals surface area contributed by atoms with Gasteiger partial charge in [0.25, 0.3) is 0 Å². The number of rotatable bonds is 6. The molecule has 1 aliphatic heterocycles. The third-order valence-corrected chi connectivity index (χ3v) is 4.01. The Bertz CT molecular complexity index is 238. The van der Waals surface area contributed by atoms with E-state index in [-0.39, 0.29) is 5.54 Å². The average molecular weight is 227 g/mol. The number of nitrogens with zero attached hydrogens (tertiary/aromatic N) is 1. The van der Waals surface area contributed by atoms with Crippen LogP contribution in [0.15, 0.2) is 0 Å². The summed E-state index contributed by atoms with van der Waals surface area (Å²) in [4.78, 5) is 13.3. The van der Waals surface area contributed by atoms with Crippen molar-refractivity contribution < 1.29 is 9.90 Å². The highest BCUT2D eigenvalue weighted by molar-refractivity contribution is 5.67. The van der Waals surface area contributed by atoms with Crippen LogP contribution in [0.1, 0.15) is 52.9 Å². The molecule has 1 atom stereocenters. The van der Waals surface area contributed by atoms with E-state index in [2.05, 4.69) is 25.7 Å². The van der Waals surface area contributed by atoms with E-state index in [0.29, 0.717) is 12.3 Å². The maximum absolute atomic E-state index is 10.8. The van der Waals surface area contributed by atoms with Gasteiger partial charge in [-0.3, -0.25) is 9.69 Å². The second kappa shape index (κ2) is 5.67. The molecule has 0 spiro atoms. The maximum atomic E-state index is 10.8. The molecule has 0 saturated carbocycles. The highest BCUT2D eigenvalue weighted by Gasteiger charge is 2.41. The summed E-state index contributed by atoms with van der Waals surface area (Å²) in [5.74, 6) is -0.347. The van der Waals surface area contributed by atoms with Crippen LogP contribution in [-0.2, 0) is 4.79 Å². The Morgan fingerprint density at radius 3 is 2.69 bits per heavy atom. The maximum Gasteiger partial charge on any atom is 0.303 e. The number of carboxylic acid groups (broad SMARTS) is 1. The van der Waals surface area contributed by atoms with Crippen molar-refractivity contribution in [1.82, 2.24) is 4.90 Å². The van der Waals surface area contributed by atoms with E-state index in [0.717, 1.165) is 19.5 Å². The van der Waals surface area contributed by atoms with Crippen LogP contribution in [0.5, 0.6) is 0 Å². The van der Waals surface area contributed by atoms with Crippen LogP contribution in [0.2, 0.25) is 0 Å². The van der Waals surface area contributed by atoms with Crippen LogP contribution in [0.4, 0.5) is 0 Å². The number of likely N-dealkylation sites (tertiary alicyclic amines) is 1. The van der Waals surface area contributed by atoms with Crippen molar-refractivity contribution in [3.63, 3.8) is 0 Å². The van der Waals surface area contributed by atoms with Gasteiger partial charge in [-0.15, -0.1) is 0 Å². The molecule has 0 aromatic heterocycles. The molecule has 16 heavy (non-hydrogen) atoms. The first-order valence-corrected chi connectivity index (χ1v) is 6.45. The zero-order valence-corrected chi connectivity index (χ0v) is 10.8. The predicted octanol–water partition coefficient (Wildman–Crippen LogP) is 2.75. The molecule has 94 valence electrons. The van der Waals surface area contributed by atoms with E-state index in [1.165, 1.54) is 19.3 Å². The van der Waals surface area contributed by atoms with Crippen LogP contribution in [0, 0.1) is 5.92 Å². The number of carbonyl (C=O) groups is 1. The molecule has 1 fully saturated rings. The van der Waals surface area contributed by atoms with E-state index in [4.69, 9.17) is 5.11 Å². The van der Waals surface area contributed by atoms with Crippen molar-refractivity contribution in [2.75, 3.05) is 13.1 Å². The largest absolute Gasteiger partial charge is 0.481 e. The average Bonchev–Trinajstić information content (AvgIpc) is 2.44. The molecule has 0 amide bonds. The van der Waals surface area contributed by atoms with Gasteiger partial charge in [0.15, 0.2) is 0 Å². The minimum atomic E-state index is -0.659. The molecule has 0 aliphatic carbocycles. The van der Waals surface area contributed by atoms with E-state index in [1.54, 1.807) is 0 Å². The normalized spacial score (nSPS) is 24.8. The first-order chi connectivity index (χ1) is 7.48. The molecule has 3 nitrogen and oxygen atoms in total. The van der Waals surface area contributed by atoms with E-state index in [1.807, 2.05) is 0 Å². The Hall–Kier alpha value is -0.570. The van der Waals surface area contributed by atoms with Crippen LogP contribution in [0.3, 0.4) is 0 Å². The highest BCUT2D eigenvalue weighted by Crippen LogP contribution is 2.36. The third-order valence-electron chi connectivity index (χ3n) is 4.01. The summed E-state index contributed by atoms with van der Waals surface area (Å²) in [5.41, 5.74) is 0.0616. The summed E-state index contributed by atoms with van der Waals surface area (Å²) in [6.07, 6.45) is 5.10. The van der Waals surface area contributed by atoms with Crippen molar-refractivity contribution in [2.24, 2.45) is 5.92 Å². The molecule has 0 radical (unpaired) electrons. The standard InChI is InChI=1S/C13H25NO2/c1-4-5-6-8-14-9-7-11(10-12(15)16)13(14,2)3/h11H,4-10H2,1-3H3,(H,15,16). The second-order valence-electron chi connectivity index (χ2n) is 5.43. The molecule has 3 heteroatoms. The molecule has 1 heterocycles. The van der Waals surface area contributed by atoms with Gasteiger partial charge >= 0.3 is 5.97 Å². The summed E-state index contributed by atoms with van der Waals surface area (Å²) in [6.45, 7) is 8.78. The molecule has 1 unspecified atom stereocenters. The number of unbranched alkanes of at least 4 members (excludes halogenated alkanes) is 2. The summed E-state index contributed by atoms with van der Waals surface area (Å²) in [7, 11) is 0. The molecule has 0 aromatic carbocycles. The number of aliphatic carboxylic acids is 1. The molecular formula is C13H25NO2. The SMILES string of the molecule is CCCCCN1CCC(CC(=O)O)C1(C)C. The molecule has 1 aliphatic rings. The molecular weight excluding hydrogens is 202 g/mol. The van der Waals surface area contributed by atoms with Gasteiger partial charge in [-0.05, 0) is 45.7 Å². The van der Waals surface area contributed by atoms with Crippen LogP contribution >= 0.6 is 0 Å². The van der Waals surface area contributed by atoms with Gasteiger partial charge in [0.1, 0.15) is 0 Å². The minimum Gasteiger partial charge on any atom is -0.481 e. The van der Waals surface area contributed by atoms with Gasteiger partial charge < -0.3 is 5.11 Å². The fraction of sp³-hybridized carbons (Fsp3) is 0.923. The Morgan fingerprint density at radius 2 is 2.12 bits per heavy atom. The predicted molar refractivity (Wildman–Crippen MR) is 65.5 cm³/mol. The van der Waals surface area contributed by atoms with Crippen LogP contribution in [0.25, 0.3) is 0 Å². The Labute approximate surface area is 98.8 Å². The van der Waals surface area contributed by atoms with Crippen molar-refractivity contribution in [1.29, 1.82) is 0 Å². The van der Waals surface area contributed by atoms with E-state index in [9.17, 15) is 4.79 Å². The zero-order valence-electron chi connectivity index (χ0n) is 10.8. The Morgan fingerprint density at radius 1 is 1.44 bits per heavy atom. The van der Waals surface area contributed by atoms with Gasteiger partial charge in [-0.2, -0.15) is 0 Å². The number of hydrogen-bond donors (Lipinski definition) is 1. The molecule has 0 aromatic rings. The fourth-order valence-electron chi connectivity index (χ4n) is 2.73. The number of carboxylic acids is 1. The first kappa shape index (κ1) is 13.5. The summed E-state index contributed by atoms with van der Waals surface area (Å²) < 4.78 is 0. The summed E-state index contributed by atoms with van der Waals surface area (Å²) >= 11 is 0. The van der Waals surface area contributed by atoms with Crippen molar-refractivity contribution in [2.45, 2.75) is 58.4 Å². The van der Waals surface area contributed by atoms with Crippen molar-refractivity contribution in [3.05, 3.63) is 0 Å². The Kier molecular flexibility index (Phi) is 4.78. The lowest BCUT2D eigenvalue weighted by Gasteiger charge is -2.35. The number of hydrogen-bond acceptors (Lipinski definition) is 2. The quantitative estimate of drug-likeness (QED) is 0.709. The second-order valence-corrected chi connectivity index (χ2v) is 5.43. The molecule has 0 bridgehead atoms. The topological polar surface area (TPSA) is 40.5 Å². The van der Waals surface area contributed by atoms with Crippen LogP contribution < -0.4 is 0 Å². The summed E-state index contributed by atoms with van der Waals surface area (Å²) in [6, 6.07) is 0. The van der Waals surface area contributed by atoms with Gasteiger partial charge in [0.05, 0.1) is 0 Å². The third kappa shape index (κ3) is 3.21. The molecule has 1 saturated heterocycles. The van der Waals surface area contributed by atoms with Crippen molar-refractivity contribution in [3.8, 4) is 0 Å². The minimum absolute atomic E-state index is 0.0616. The van der Waals surface area contributed by atoms with Crippen molar-refractivity contribution >= 4 is 5.97 Å².